The molecule has 4 aromatic rings. The molecule has 0 unspecified atom stereocenters. The summed E-state index contributed by atoms with van der Waals surface area (Å²) < 4.78 is 0. The number of aromatic amines is 1. The standard InChI is InChI=1S/C19H15N3O/c1-12-4-8-15(9-5-12)21-19(23)16-11-14-7-6-13-3-2-10-20-17(13)18(14)22-16/h2-11,22H,1H3,(H,21,23). The molecule has 0 atom stereocenters. The zero-order valence-corrected chi connectivity index (χ0v) is 12.6. The second-order valence-electron chi connectivity index (χ2n) is 5.61. The van der Waals surface area contributed by atoms with Gasteiger partial charge in [0, 0.05) is 22.7 Å². The highest BCUT2D eigenvalue weighted by Crippen LogP contribution is 2.24. The largest absolute Gasteiger partial charge is 0.349 e. The molecule has 0 aliphatic rings. The van der Waals surface area contributed by atoms with Crippen molar-refractivity contribution in [3.8, 4) is 0 Å². The number of rotatable bonds is 2. The van der Waals surface area contributed by atoms with Crippen molar-refractivity contribution in [2.75, 3.05) is 5.32 Å². The van der Waals surface area contributed by atoms with Crippen molar-refractivity contribution in [3.05, 3.63) is 72.1 Å². The summed E-state index contributed by atoms with van der Waals surface area (Å²) in [5, 5.41) is 4.93. The normalized spacial score (nSPS) is 11.0. The molecule has 0 bridgehead atoms. The van der Waals surface area contributed by atoms with Crippen LogP contribution in [0, 0.1) is 6.92 Å². The van der Waals surface area contributed by atoms with Gasteiger partial charge in [-0.05, 0) is 31.2 Å². The molecule has 0 aliphatic carbocycles. The number of amides is 1. The fourth-order valence-corrected chi connectivity index (χ4v) is 2.70. The van der Waals surface area contributed by atoms with E-state index < -0.39 is 0 Å². The third kappa shape index (κ3) is 2.44. The molecule has 2 aromatic heterocycles. The van der Waals surface area contributed by atoms with Crippen LogP contribution in [0.3, 0.4) is 0 Å². The Morgan fingerprint density at radius 2 is 1.83 bits per heavy atom. The van der Waals surface area contributed by atoms with Crippen molar-refractivity contribution >= 4 is 33.4 Å². The molecule has 0 radical (unpaired) electrons. The molecule has 23 heavy (non-hydrogen) atoms. The summed E-state index contributed by atoms with van der Waals surface area (Å²) >= 11 is 0. The second-order valence-corrected chi connectivity index (χ2v) is 5.61. The quantitative estimate of drug-likeness (QED) is 0.580. The first kappa shape index (κ1) is 13.5. The van der Waals surface area contributed by atoms with Crippen molar-refractivity contribution in [2.24, 2.45) is 0 Å². The number of aromatic nitrogens is 2. The number of H-pyrrole nitrogens is 1. The van der Waals surface area contributed by atoms with Gasteiger partial charge in [0.25, 0.3) is 5.91 Å². The van der Waals surface area contributed by atoms with Gasteiger partial charge in [-0.2, -0.15) is 0 Å². The Hall–Kier alpha value is -3.14. The molecule has 0 saturated heterocycles. The summed E-state index contributed by atoms with van der Waals surface area (Å²) in [4.78, 5) is 20.1. The Morgan fingerprint density at radius 1 is 1.04 bits per heavy atom. The number of aryl methyl sites for hydroxylation is 1. The first-order valence-corrected chi connectivity index (χ1v) is 7.45. The second kappa shape index (κ2) is 5.25. The van der Waals surface area contributed by atoms with E-state index in [0.717, 1.165) is 33.1 Å². The molecule has 112 valence electrons. The number of benzene rings is 2. The minimum absolute atomic E-state index is 0.158. The third-order valence-corrected chi connectivity index (χ3v) is 3.92. The minimum Gasteiger partial charge on any atom is -0.349 e. The lowest BCUT2D eigenvalue weighted by Crippen LogP contribution is -2.12. The number of carbonyl (C=O) groups is 1. The van der Waals surface area contributed by atoms with Crippen LogP contribution in [0.2, 0.25) is 0 Å². The van der Waals surface area contributed by atoms with Crippen LogP contribution < -0.4 is 5.32 Å². The lowest BCUT2D eigenvalue weighted by molar-refractivity contribution is 0.102. The maximum Gasteiger partial charge on any atom is 0.272 e. The van der Waals surface area contributed by atoms with E-state index in [1.54, 1.807) is 6.20 Å². The van der Waals surface area contributed by atoms with Crippen molar-refractivity contribution in [1.82, 2.24) is 9.97 Å². The predicted octanol–water partition coefficient (Wildman–Crippen LogP) is 4.28. The molecule has 0 fully saturated rings. The number of nitrogens with one attached hydrogen (secondary N) is 2. The molecule has 4 rings (SSSR count). The molecular formula is C19H15N3O. The Bertz CT molecular complexity index is 1020. The summed E-state index contributed by atoms with van der Waals surface area (Å²) in [7, 11) is 0. The van der Waals surface area contributed by atoms with E-state index in [1.165, 1.54) is 0 Å². The number of pyridine rings is 1. The molecule has 2 heterocycles. The van der Waals surface area contributed by atoms with Crippen LogP contribution in [0.5, 0.6) is 0 Å². The van der Waals surface area contributed by atoms with Crippen LogP contribution in [0.25, 0.3) is 21.8 Å². The number of hydrogen-bond acceptors (Lipinski definition) is 2. The van der Waals surface area contributed by atoms with E-state index >= 15 is 0 Å². The van der Waals surface area contributed by atoms with Gasteiger partial charge < -0.3 is 10.3 Å². The molecule has 2 N–H and O–H groups in total. The maximum atomic E-state index is 12.4. The number of anilines is 1. The SMILES string of the molecule is Cc1ccc(NC(=O)c2cc3ccc4cccnc4c3[nH]2)cc1. The average molecular weight is 301 g/mol. The number of nitrogens with zero attached hydrogens (tertiary/aromatic N) is 1. The fraction of sp³-hybridized carbons (Fsp3) is 0.0526. The van der Waals surface area contributed by atoms with E-state index in [4.69, 9.17) is 0 Å². The Labute approximate surface area is 133 Å². The highest BCUT2D eigenvalue weighted by atomic mass is 16.1. The zero-order valence-electron chi connectivity index (χ0n) is 12.6. The number of fused-ring (bicyclic) bond motifs is 3. The molecular weight excluding hydrogens is 286 g/mol. The first-order valence-electron chi connectivity index (χ1n) is 7.45. The zero-order chi connectivity index (χ0) is 15.8. The van der Waals surface area contributed by atoms with Crippen molar-refractivity contribution < 1.29 is 4.79 Å². The van der Waals surface area contributed by atoms with E-state index in [0.29, 0.717) is 5.69 Å². The molecule has 0 aliphatic heterocycles. The first-order chi connectivity index (χ1) is 11.2. The van der Waals surface area contributed by atoms with E-state index in [2.05, 4.69) is 15.3 Å². The van der Waals surface area contributed by atoms with Gasteiger partial charge in [-0.3, -0.25) is 9.78 Å². The lowest BCUT2D eigenvalue weighted by Gasteiger charge is -2.03. The summed E-state index contributed by atoms with van der Waals surface area (Å²) in [6, 6.07) is 17.5. The fourth-order valence-electron chi connectivity index (χ4n) is 2.70. The number of hydrogen-bond donors (Lipinski definition) is 2. The smallest absolute Gasteiger partial charge is 0.272 e. The van der Waals surface area contributed by atoms with Crippen LogP contribution >= 0.6 is 0 Å². The van der Waals surface area contributed by atoms with Gasteiger partial charge in [-0.1, -0.05) is 35.9 Å². The topological polar surface area (TPSA) is 57.8 Å². The van der Waals surface area contributed by atoms with Crippen LogP contribution in [0.4, 0.5) is 5.69 Å². The summed E-state index contributed by atoms with van der Waals surface area (Å²) in [6.07, 6.45) is 1.76. The van der Waals surface area contributed by atoms with Crippen LogP contribution in [0.15, 0.2) is 60.8 Å². The van der Waals surface area contributed by atoms with Gasteiger partial charge in [0.15, 0.2) is 0 Å². The minimum atomic E-state index is -0.158. The molecule has 0 spiro atoms. The van der Waals surface area contributed by atoms with E-state index in [1.807, 2.05) is 61.5 Å². The van der Waals surface area contributed by atoms with Gasteiger partial charge in [0.05, 0.1) is 11.0 Å². The molecule has 4 heteroatoms. The van der Waals surface area contributed by atoms with Gasteiger partial charge in [-0.15, -0.1) is 0 Å². The maximum absolute atomic E-state index is 12.4. The van der Waals surface area contributed by atoms with Crippen molar-refractivity contribution in [3.63, 3.8) is 0 Å². The number of carbonyl (C=O) groups excluding carboxylic acids is 1. The predicted molar refractivity (Wildman–Crippen MR) is 92.7 cm³/mol. The van der Waals surface area contributed by atoms with Gasteiger partial charge >= 0.3 is 0 Å². The van der Waals surface area contributed by atoms with Crippen molar-refractivity contribution in [2.45, 2.75) is 6.92 Å². The highest BCUT2D eigenvalue weighted by Gasteiger charge is 2.12. The average Bonchev–Trinajstić information content (AvgIpc) is 3.02. The summed E-state index contributed by atoms with van der Waals surface area (Å²) in [5.74, 6) is -0.158. The van der Waals surface area contributed by atoms with Crippen LogP contribution in [-0.2, 0) is 0 Å². The van der Waals surface area contributed by atoms with Gasteiger partial charge in [0.2, 0.25) is 0 Å². The van der Waals surface area contributed by atoms with Crippen molar-refractivity contribution in [1.29, 1.82) is 0 Å². The van der Waals surface area contributed by atoms with E-state index in [-0.39, 0.29) is 5.91 Å². The summed E-state index contributed by atoms with van der Waals surface area (Å²) in [6.45, 7) is 2.02. The molecule has 1 amide bonds. The Morgan fingerprint density at radius 3 is 2.65 bits per heavy atom. The molecule has 0 saturated carbocycles. The van der Waals surface area contributed by atoms with Gasteiger partial charge in [-0.25, -0.2) is 0 Å². The Balaban J connectivity index is 1.72. The van der Waals surface area contributed by atoms with Crippen LogP contribution in [0.1, 0.15) is 16.1 Å². The molecule has 2 aromatic carbocycles. The lowest BCUT2D eigenvalue weighted by atomic mass is 10.1. The van der Waals surface area contributed by atoms with E-state index in [9.17, 15) is 4.79 Å². The Kier molecular flexibility index (Phi) is 3.08. The summed E-state index contributed by atoms with van der Waals surface area (Å²) in [5.41, 5.74) is 4.23. The van der Waals surface area contributed by atoms with Crippen LogP contribution in [-0.4, -0.2) is 15.9 Å². The monoisotopic (exact) mass is 301 g/mol. The third-order valence-electron chi connectivity index (χ3n) is 3.92. The highest BCUT2D eigenvalue weighted by molar-refractivity contribution is 6.10. The van der Waals surface area contributed by atoms with Gasteiger partial charge in [0.1, 0.15) is 5.69 Å². The molecule has 4 nitrogen and oxygen atoms in total.